The average molecular weight is 370 g/mol. The van der Waals surface area contributed by atoms with Gasteiger partial charge in [0.2, 0.25) is 0 Å². The minimum absolute atomic E-state index is 0.203. The zero-order valence-corrected chi connectivity index (χ0v) is 15.8. The molecule has 1 spiro atoms. The van der Waals surface area contributed by atoms with Crippen molar-refractivity contribution in [3.63, 3.8) is 0 Å². The molecule has 132 valence electrons. The zero-order valence-electron chi connectivity index (χ0n) is 14.3. The molecule has 3 rings (SSSR count). The molecule has 1 aromatic carbocycles. The van der Waals surface area contributed by atoms with Crippen LogP contribution in [0.15, 0.2) is 23.2 Å². The summed E-state index contributed by atoms with van der Waals surface area (Å²) in [5.74, 6) is 1.16. The fraction of sp³-hybridized carbons (Fsp3) is 0.611. The molecule has 2 unspecified atom stereocenters. The van der Waals surface area contributed by atoms with Crippen molar-refractivity contribution in [2.24, 2.45) is 10.4 Å². The SMILES string of the molecule is CN=C(NCC(C)c1c(Cl)cccc1Cl)N1CCC2(CCOC2)C1. The number of nitrogens with one attached hydrogen (secondary N) is 1. The number of hydrogen-bond donors (Lipinski definition) is 1. The van der Waals surface area contributed by atoms with Gasteiger partial charge >= 0.3 is 0 Å². The first-order valence-electron chi connectivity index (χ1n) is 8.52. The van der Waals surface area contributed by atoms with Crippen LogP contribution in [0.2, 0.25) is 10.0 Å². The summed E-state index contributed by atoms with van der Waals surface area (Å²) in [7, 11) is 1.84. The zero-order chi connectivity index (χ0) is 17.2. The molecule has 0 saturated carbocycles. The maximum absolute atomic E-state index is 6.32. The highest BCUT2D eigenvalue weighted by Crippen LogP contribution is 2.38. The van der Waals surface area contributed by atoms with Crippen LogP contribution in [-0.2, 0) is 4.74 Å². The molecule has 24 heavy (non-hydrogen) atoms. The summed E-state index contributed by atoms with van der Waals surface area (Å²) in [5, 5.41) is 4.92. The molecule has 2 heterocycles. The van der Waals surface area contributed by atoms with E-state index >= 15 is 0 Å². The van der Waals surface area contributed by atoms with Gasteiger partial charge in [-0.1, -0.05) is 36.2 Å². The van der Waals surface area contributed by atoms with Gasteiger partial charge in [-0.2, -0.15) is 0 Å². The molecule has 1 aromatic rings. The first-order valence-corrected chi connectivity index (χ1v) is 9.27. The van der Waals surface area contributed by atoms with Crippen LogP contribution < -0.4 is 5.32 Å². The molecule has 2 atom stereocenters. The Bertz CT molecular complexity index is 594. The minimum atomic E-state index is 0.203. The predicted molar refractivity (Wildman–Crippen MR) is 100 cm³/mol. The number of halogens is 2. The van der Waals surface area contributed by atoms with E-state index in [9.17, 15) is 0 Å². The fourth-order valence-electron chi connectivity index (χ4n) is 3.75. The molecule has 1 N–H and O–H groups in total. The van der Waals surface area contributed by atoms with Crippen molar-refractivity contribution in [2.75, 3.05) is 39.9 Å². The Morgan fingerprint density at radius 2 is 2.12 bits per heavy atom. The van der Waals surface area contributed by atoms with Gasteiger partial charge in [0.05, 0.1) is 6.61 Å². The van der Waals surface area contributed by atoms with Gasteiger partial charge in [-0.25, -0.2) is 0 Å². The molecule has 2 fully saturated rings. The third kappa shape index (κ3) is 3.66. The second-order valence-corrected chi connectivity index (χ2v) is 7.75. The van der Waals surface area contributed by atoms with Crippen molar-refractivity contribution in [1.82, 2.24) is 10.2 Å². The van der Waals surface area contributed by atoms with Gasteiger partial charge in [0.1, 0.15) is 0 Å². The third-order valence-electron chi connectivity index (χ3n) is 5.19. The Labute approximate surface area is 154 Å². The Hall–Kier alpha value is -0.970. The first kappa shape index (κ1) is 17.8. The van der Waals surface area contributed by atoms with Gasteiger partial charge in [-0.05, 0) is 30.5 Å². The van der Waals surface area contributed by atoms with E-state index in [1.165, 1.54) is 6.42 Å². The molecule has 2 aliphatic heterocycles. The number of rotatable bonds is 3. The van der Waals surface area contributed by atoms with Crippen molar-refractivity contribution in [2.45, 2.75) is 25.7 Å². The van der Waals surface area contributed by atoms with E-state index in [2.05, 4.69) is 22.1 Å². The van der Waals surface area contributed by atoms with Crippen LogP contribution in [0.4, 0.5) is 0 Å². The second-order valence-electron chi connectivity index (χ2n) is 6.94. The maximum Gasteiger partial charge on any atom is 0.193 e. The highest BCUT2D eigenvalue weighted by atomic mass is 35.5. The number of aliphatic imine (C=N–C) groups is 1. The van der Waals surface area contributed by atoms with Crippen LogP contribution in [0.1, 0.15) is 31.2 Å². The van der Waals surface area contributed by atoms with Crippen molar-refractivity contribution in [3.05, 3.63) is 33.8 Å². The molecular formula is C18H25Cl2N3O. The summed E-state index contributed by atoms with van der Waals surface area (Å²) < 4.78 is 5.61. The quantitative estimate of drug-likeness (QED) is 0.650. The number of likely N-dealkylation sites (tertiary alicyclic amines) is 1. The van der Waals surface area contributed by atoms with Crippen molar-refractivity contribution in [3.8, 4) is 0 Å². The Morgan fingerprint density at radius 3 is 2.75 bits per heavy atom. The van der Waals surface area contributed by atoms with E-state index < -0.39 is 0 Å². The average Bonchev–Trinajstić information content (AvgIpc) is 3.18. The van der Waals surface area contributed by atoms with E-state index in [0.717, 1.165) is 60.8 Å². The number of nitrogens with zero attached hydrogens (tertiary/aromatic N) is 2. The predicted octanol–water partition coefficient (Wildman–Crippen LogP) is 3.78. The third-order valence-corrected chi connectivity index (χ3v) is 5.85. The van der Waals surface area contributed by atoms with Gasteiger partial charge in [0.25, 0.3) is 0 Å². The van der Waals surface area contributed by atoms with Crippen molar-refractivity contribution in [1.29, 1.82) is 0 Å². The van der Waals surface area contributed by atoms with Crippen LogP contribution in [0.25, 0.3) is 0 Å². The number of hydrogen-bond acceptors (Lipinski definition) is 2. The minimum Gasteiger partial charge on any atom is -0.381 e. The van der Waals surface area contributed by atoms with E-state index in [1.807, 2.05) is 25.2 Å². The summed E-state index contributed by atoms with van der Waals surface area (Å²) in [6.07, 6.45) is 2.34. The van der Waals surface area contributed by atoms with E-state index in [1.54, 1.807) is 0 Å². The van der Waals surface area contributed by atoms with E-state index in [4.69, 9.17) is 27.9 Å². The molecule has 4 nitrogen and oxygen atoms in total. The normalized spacial score (nSPS) is 25.5. The lowest BCUT2D eigenvalue weighted by Crippen LogP contribution is -2.42. The topological polar surface area (TPSA) is 36.9 Å². The van der Waals surface area contributed by atoms with Crippen molar-refractivity contribution < 1.29 is 4.74 Å². The number of benzene rings is 1. The lowest BCUT2D eigenvalue weighted by atomic mass is 9.87. The lowest BCUT2D eigenvalue weighted by molar-refractivity contribution is 0.156. The molecule has 6 heteroatoms. The van der Waals surface area contributed by atoms with Gasteiger partial charge < -0.3 is 15.0 Å². The molecule has 0 radical (unpaired) electrons. The molecule has 0 bridgehead atoms. The maximum atomic E-state index is 6.32. The highest BCUT2D eigenvalue weighted by Gasteiger charge is 2.42. The lowest BCUT2D eigenvalue weighted by Gasteiger charge is -2.26. The van der Waals surface area contributed by atoms with Crippen LogP contribution in [-0.4, -0.2) is 50.8 Å². The number of ether oxygens (including phenoxy) is 1. The van der Waals surface area contributed by atoms with Gasteiger partial charge in [-0.3, -0.25) is 4.99 Å². The monoisotopic (exact) mass is 369 g/mol. The second kappa shape index (κ2) is 7.51. The Morgan fingerprint density at radius 1 is 1.38 bits per heavy atom. The van der Waals surface area contributed by atoms with Crippen LogP contribution in [0.3, 0.4) is 0 Å². The highest BCUT2D eigenvalue weighted by molar-refractivity contribution is 6.36. The first-order chi connectivity index (χ1) is 11.5. The largest absolute Gasteiger partial charge is 0.381 e. The fourth-order valence-corrected chi connectivity index (χ4v) is 4.52. The summed E-state index contributed by atoms with van der Waals surface area (Å²) in [4.78, 5) is 6.80. The number of guanidine groups is 1. The summed E-state index contributed by atoms with van der Waals surface area (Å²) >= 11 is 12.6. The Balaban J connectivity index is 1.60. The van der Waals surface area contributed by atoms with Gasteiger partial charge in [-0.15, -0.1) is 0 Å². The summed E-state index contributed by atoms with van der Waals surface area (Å²) in [5.41, 5.74) is 1.32. The smallest absolute Gasteiger partial charge is 0.193 e. The van der Waals surface area contributed by atoms with Crippen LogP contribution in [0, 0.1) is 5.41 Å². The van der Waals surface area contributed by atoms with Crippen molar-refractivity contribution >= 4 is 29.2 Å². The van der Waals surface area contributed by atoms with E-state index in [-0.39, 0.29) is 5.92 Å². The molecule has 0 aliphatic carbocycles. The van der Waals surface area contributed by atoms with Gasteiger partial charge in [0.15, 0.2) is 5.96 Å². The van der Waals surface area contributed by atoms with Crippen LogP contribution >= 0.6 is 23.2 Å². The van der Waals surface area contributed by atoms with E-state index in [0.29, 0.717) is 5.41 Å². The van der Waals surface area contributed by atoms with Crippen LogP contribution in [0.5, 0.6) is 0 Å². The molecule has 2 aliphatic rings. The Kier molecular flexibility index (Phi) is 5.58. The molecular weight excluding hydrogens is 345 g/mol. The standard InChI is InChI=1S/C18H25Cl2N3O/c1-13(16-14(19)4-3-5-15(16)20)10-22-17(21-2)23-8-6-18(11-23)7-9-24-12-18/h3-5,13H,6-12H2,1-2H3,(H,21,22). The summed E-state index contributed by atoms with van der Waals surface area (Å²) in [6.45, 7) is 6.70. The molecule has 0 aromatic heterocycles. The molecule has 0 amide bonds. The molecule has 2 saturated heterocycles. The summed E-state index contributed by atoms with van der Waals surface area (Å²) in [6, 6.07) is 5.65. The van der Waals surface area contributed by atoms with Gasteiger partial charge in [0, 0.05) is 54.7 Å².